The summed E-state index contributed by atoms with van der Waals surface area (Å²) >= 11 is 1.51. The van der Waals surface area contributed by atoms with E-state index in [1.165, 1.54) is 11.3 Å². The lowest BCUT2D eigenvalue weighted by atomic mass is 10.2. The van der Waals surface area contributed by atoms with Crippen molar-refractivity contribution < 1.29 is 9.59 Å². The summed E-state index contributed by atoms with van der Waals surface area (Å²) in [7, 11) is 0. The minimum Gasteiger partial charge on any atom is -0.351 e. The van der Waals surface area contributed by atoms with Gasteiger partial charge in [-0.1, -0.05) is 30.3 Å². The molecule has 1 N–H and O–H groups in total. The smallest absolute Gasteiger partial charge is 0.264 e. The number of thiophene rings is 1. The van der Waals surface area contributed by atoms with Crippen molar-refractivity contribution in [3.8, 4) is 0 Å². The molecule has 0 saturated carbocycles. The summed E-state index contributed by atoms with van der Waals surface area (Å²) in [6, 6.07) is 11.9. The molecule has 0 unspecified atom stereocenters. The lowest BCUT2D eigenvalue weighted by molar-refractivity contribution is -0.122. The largest absolute Gasteiger partial charge is 0.351 e. The number of aryl methyl sites for hydroxylation is 1. The van der Waals surface area contributed by atoms with E-state index in [1.54, 1.807) is 0 Å². The van der Waals surface area contributed by atoms with Crippen molar-refractivity contribution >= 4 is 23.2 Å². The SMILES string of the molecule is Cc1ccsc1C(=O)N1CCCN(CC(=O)NCc2ccccc2)CC1. The van der Waals surface area contributed by atoms with Crippen molar-refractivity contribution in [2.24, 2.45) is 0 Å². The van der Waals surface area contributed by atoms with Crippen molar-refractivity contribution in [2.45, 2.75) is 19.9 Å². The molecular formula is C20H25N3O2S. The third-order valence-corrected chi connectivity index (χ3v) is 5.64. The molecule has 1 aliphatic rings. The Morgan fingerprint density at radius 2 is 1.88 bits per heavy atom. The molecule has 5 nitrogen and oxygen atoms in total. The van der Waals surface area contributed by atoms with Gasteiger partial charge < -0.3 is 10.2 Å². The van der Waals surface area contributed by atoms with Crippen LogP contribution >= 0.6 is 11.3 Å². The summed E-state index contributed by atoms with van der Waals surface area (Å²) in [5, 5.41) is 4.93. The lowest BCUT2D eigenvalue weighted by Gasteiger charge is -2.21. The molecule has 1 fully saturated rings. The van der Waals surface area contributed by atoms with Crippen LogP contribution in [-0.2, 0) is 11.3 Å². The predicted molar refractivity (Wildman–Crippen MR) is 104 cm³/mol. The number of hydrogen-bond acceptors (Lipinski definition) is 4. The van der Waals surface area contributed by atoms with Crippen molar-refractivity contribution in [1.29, 1.82) is 0 Å². The summed E-state index contributed by atoms with van der Waals surface area (Å²) in [4.78, 5) is 29.8. The maximum atomic E-state index is 12.7. The van der Waals surface area contributed by atoms with E-state index in [0.29, 0.717) is 19.6 Å². The van der Waals surface area contributed by atoms with Crippen molar-refractivity contribution in [3.05, 3.63) is 57.8 Å². The molecule has 1 aliphatic heterocycles. The van der Waals surface area contributed by atoms with E-state index in [4.69, 9.17) is 0 Å². The molecule has 0 atom stereocenters. The first kappa shape index (κ1) is 18.6. The van der Waals surface area contributed by atoms with Gasteiger partial charge in [0.05, 0.1) is 11.4 Å². The minimum atomic E-state index is 0.0303. The van der Waals surface area contributed by atoms with Gasteiger partial charge in [-0.2, -0.15) is 0 Å². The van der Waals surface area contributed by atoms with Crippen LogP contribution in [0.4, 0.5) is 0 Å². The average molecular weight is 372 g/mol. The Morgan fingerprint density at radius 3 is 2.62 bits per heavy atom. The standard InChI is InChI=1S/C20H25N3O2S/c1-16-8-13-26-19(16)20(25)23-10-5-9-22(11-12-23)15-18(24)21-14-17-6-3-2-4-7-17/h2-4,6-8,13H,5,9-12,14-15H2,1H3,(H,21,24). The summed E-state index contributed by atoms with van der Waals surface area (Å²) in [6.07, 6.45) is 0.891. The average Bonchev–Trinajstić information content (AvgIpc) is 2.94. The van der Waals surface area contributed by atoms with Crippen LogP contribution in [-0.4, -0.2) is 54.3 Å². The number of nitrogens with one attached hydrogen (secondary N) is 1. The highest BCUT2D eigenvalue weighted by Gasteiger charge is 2.23. The fraction of sp³-hybridized carbons (Fsp3) is 0.400. The van der Waals surface area contributed by atoms with Gasteiger partial charge in [0, 0.05) is 32.7 Å². The first-order valence-corrected chi connectivity index (χ1v) is 9.88. The van der Waals surface area contributed by atoms with E-state index < -0.39 is 0 Å². The van der Waals surface area contributed by atoms with Crippen LogP contribution in [0.5, 0.6) is 0 Å². The van der Waals surface area contributed by atoms with Gasteiger partial charge in [0.2, 0.25) is 5.91 Å². The molecule has 0 radical (unpaired) electrons. The Hall–Kier alpha value is -2.18. The Morgan fingerprint density at radius 1 is 1.08 bits per heavy atom. The summed E-state index contributed by atoms with van der Waals surface area (Å²) in [5.74, 6) is 0.149. The zero-order chi connectivity index (χ0) is 18.4. The van der Waals surface area contributed by atoms with Gasteiger partial charge in [-0.15, -0.1) is 11.3 Å². The van der Waals surface area contributed by atoms with E-state index in [1.807, 2.05) is 53.6 Å². The highest BCUT2D eigenvalue weighted by atomic mass is 32.1. The Bertz CT molecular complexity index is 745. The molecule has 1 saturated heterocycles. The van der Waals surface area contributed by atoms with Crippen LogP contribution in [0.25, 0.3) is 0 Å². The van der Waals surface area contributed by atoms with Gasteiger partial charge >= 0.3 is 0 Å². The summed E-state index contributed by atoms with van der Waals surface area (Å²) in [5.41, 5.74) is 2.14. The van der Waals surface area contributed by atoms with E-state index >= 15 is 0 Å². The molecule has 26 heavy (non-hydrogen) atoms. The van der Waals surface area contributed by atoms with E-state index in [0.717, 1.165) is 42.1 Å². The molecule has 0 bridgehead atoms. The van der Waals surface area contributed by atoms with Crippen LogP contribution in [0.2, 0.25) is 0 Å². The van der Waals surface area contributed by atoms with Gasteiger partial charge in [0.15, 0.2) is 0 Å². The van der Waals surface area contributed by atoms with E-state index in [9.17, 15) is 9.59 Å². The quantitative estimate of drug-likeness (QED) is 0.879. The van der Waals surface area contributed by atoms with Crippen LogP contribution in [0.1, 0.15) is 27.2 Å². The van der Waals surface area contributed by atoms with Crippen LogP contribution < -0.4 is 5.32 Å². The fourth-order valence-corrected chi connectivity index (χ4v) is 4.02. The lowest BCUT2D eigenvalue weighted by Crippen LogP contribution is -2.39. The van der Waals surface area contributed by atoms with Gasteiger partial charge in [0.25, 0.3) is 5.91 Å². The normalized spacial score (nSPS) is 15.5. The molecule has 1 aromatic heterocycles. The summed E-state index contributed by atoms with van der Waals surface area (Å²) < 4.78 is 0. The second-order valence-electron chi connectivity index (χ2n) is 6.62. The number of rotatable bonds is 5. The predicted octanol–water partition coefficient (Wildman–Crippen LogP) is 2.52. The molecule has 2 amide bonds. The Balaban J connectivity index is 1.47. The minimum absolute atomic E-state index is 0.0303. The maximum absolute atomic E-state index is 12.7. The van der Waals surface area contributed by atoms with Crippen molar-refractivity contribution in [2.75, 3.05) is 32.7 Å². The van der Waals surface area contributed by atoms with Crippen LogP contribution in [0, 0.1) is 6.92 Å². The highest BCUT2D eigenvalue weighted by molar-refractivity contribution is 7.12. The number of carbonyl (C=O) groups excluding carboxylic acids is 2. The van der Waals surface area contributed by atoms with Crippen molar-refractivity contribution in [1.82, 2.24) is 15.1 Å². The molecule has 2 aromatic rings. The third-order valence-electron chi connectivity index (χ3n) is 4.63. The highest BCUT2D eigenvalue weighted by Crippen LogP contribution is 2.19. The van der Waals surface area contributed by atoms with Gasteiger partial charge in [-0.3, -0.25) is 14.5 Å². The van der Waals surface area contributed by atoms with Gasteiger partial charge in [-0.25, -0.2) is 0 Å². The van der Waals surface area contributed by atoms with E-state index in [-0.39, 0.29) is 11.8 Å². The zero-order valence-corrected chi connectivity index (χ0v) is 15.9. The second-order valence-corrected chi connectivity index (χ2v) is 7.53. The molecule has 3 rings (SSSR count). The Kier molecular flexibility index (Phi) is 6.41. The molecule has 1 aromatic carbocycles. The van der Waals surface area contributed by atoms with Crippen molar-refractivity contribution in [3.63, 3.8) is 0 Å². The van der Waals surface area contributed by atoms with E-state index in [2.05, 4.69) is 10.2 Å². The number of benzene rings is 1. The number of hydrogen-bond donors (Lipinski definition) is 1. The number of amides is 2. The molecule has 0 aliphatic carbocycles. The van der Waals surface area contributed by atoms with Gasteiger partial charge in [0.1, 0.15) is 0 Å². The number of nitrogens with zero attached hydrogens (tertiary/aromatic N) is 2. The third kappa shape index (κ3) is 4.93. The molecule has 0 spiro atoms. The monoisotopic (exact) mass is 371 g/mol. The second kappa shape index (κ2) is 8.96. The Labute approximate surface area is 158 Å². The molecule has 6 heteroatoms. The first-order valence-electron chi connectivity index (χ1n) is 9.00. The van der Waals surface area contributed by atoms with Crippen LogP contribution in [0.3, 0.4) is 0 Å². The topological polar surface area (TPSA) is 52.7 Å². The molecule has 138 valence electrons. The number of carbonyl (C=O) groups is 2. The molecule has 2 heterocycles. The maximum Gasteiger partial charge on any atom is 0.264 e. The molecular weight excluding hydrogens is 346 g/mol. The first-order chi connectivity index (χ1) is 12.6. The summed E-state index contributed by atoms with van der Waals surface area (Å²) in [6.45, 7) is 5.90. The zero-order valence-electron chi connectivity index (χ0n) is 15.1. The van der Waals surface area contributed by atoms with Crippen LogP contribution in [0.15, 0.2) is 41.8 Å². The fourth-order valence-electron chi connectivity index (χ4n) is 3.12. The van der Waals surface area contributed by atoms with Gasteiger partial charge in [-0.05, 0) is 35.9 Å².